The van der Waals surface area contributed by atoms with Gasteiger partial charge in [-0.2, -0.15) is 0 Å². The third-order valence-corrected chi connectivity index (χ3v) is 8.67. The van der Waals surface area contributed by atoms with Gasteiger partial charge in [0.1, 0.15) is 5.82 Å². The van der Waals surface area contributed by atoms with Crippen LogP contribution in [0.15, 0.2) is 42.5 Å². The minimum absolute atomic E-state index is 0.0392. The Morgan fingerprint density at radius 3 is 2.37 bits per heavy atom. The van der Waals surface area contributed by atoms with Gasteiger partial charge in [0.15, 0.2) is 0 Å². The molecule has 5 rings (SSSR count). The van der Waals surface area contributed by atoms with Crippen LogP contribution >= 0.6 is 11.3 Å². The lowest BCUT2D eigenvalue weighted by molar-refractivity contribution is -0.155. The van der Waals surface area contributed by atoms with E-state index in [0.717, 1.165) is 63.3 Å². The molecule has 2 saturated carbocycles. The Kier molecular flexibility index (Phi) is 5.91. The van der Waals surface area contributed by atoms with Crippen molar-refractivity contribution in [3.63, 3.8) is 0 Å². The molecule has 1 aromatic heterocycles. The Morgan fingerprint density at radius 1 is 1.06 bits per heavy atom. The van der Waals surface area contributed by atoms with Crippen molar-refractivity contribution in [2.24, 2.45) is 11.3 Å². The average Bonchev–Trinajstić information content (AvgIpc) is 3.01. The molecular formula is C28H29FN2O3S. The molecule has 1 spiro atoms. The number of carboxylic acids is 1. The summed E-state index contributed by atoms with van der Waals surface area (Å²) < 4.78 is 13.7. The van der Waals surface area contributed by atoms with Crippen LogP contribution in [0.3, 0.4) is 0 Å². The number of thiophene rings is 1. The molecule has 1 amide bonds. The molecular weight excluding hydrogens is 463 g/mol. The predicted octanol–water partition coefficient (Wildman–Crippen LogP) is 5.72. The molecule has 0 aliphatic heterocycles. The molecule has 182 valence electrons. The predicted molar refractivity (Wildman–Crippen MR) is 136 cm³/mol. The van der Waals surface area contributed by atoms with E-state index in [4.69, 9.17) is 10.8 Å². The van der Waals surface area contributed by atoms with Crippen LogP contribution in [0.4, 0.5) is 10.1 Å². The van der Waals surface area contributed by atoms with Gasteiger partial charge in [-0.25, -0.2) is 4.39 Å². The maximum Gasteiger partial charge on any atom is 0.306 e. The maximum atomic E-state index is 13.7. The van der Waals surface area contributed by atoms with Crippen LogP contribution in [0.1, 0.15) is 56.9 Å². The summed E-state index contributed by atoms with van der Waals surface area (Å²) in [6, 6.07) is 12.6. The average molecular weight is 493 g/mol. The first-order valence-corrected chi connectivity index (χ1v) is 12.7. The van der Waals surface area contributed by atoms with E-state index in [1.807, 2.05) is 38.1 Å². The Balaban J connectivity index is 1.27. The summed E-state index contributed by atoms with van der Waals surface area (Å²) in [5.74, 6) is -1.32. The van der Waals surface area contributed by atoms with Crippen LogP contribution in [-0.4, -0.2) is 23.0 Å². The first-order valence-electron chi connectivity index (χ1n) is 11.9. The van der Waals surface area contributed by atoms with Gasteiger partial charge in [0.25, 0.3) is 5.91 Å². The van der Waals surface area contributed by atoms with Crippen LogP contribution in [0.2, 0.25) is 0 Å². The number of nitrogens with one attached hydrogen (secondary N) is 1. The molecule has 1 heterocycles. The molecule has 0 unspecified atom stereocenters. The van der Waals surface area contributed by atoms with Gasteiger partial charge >= 0.3 is 5.97 Å². The molecule has 3 aromatic rings. The second kappa shape index (κ2) is 8.79. The number of aryl methyl sites for hydroxylation is 2. The summed E-state index contributed by atoms with van der Waals surface area (Å²) >= 11 is 1.64. The normalized spacial score (nSPS) is 22.9. The van der Waals surface area contributed by atoms with Gasteiger partial charge < -0.3 is 16.2 Å². The number of carbonyl (C=O) groups excluding carboxylic acids is 1. The van der Waals surface area contributed by atoms with E-state index >= 15 is 0 Å². The second-order valence-electron chi connectivity index (χ2n) is 10.2. The van der Waals surface area contributed by atoms with Crippen LogP contribution in [0.5, 0.6) is 0 Å². The van der Waals surface area contributed by atoms with Gasteiger partial charge in [-0.1, -0.05) is 24.3 Å². The van der Waals surface area contributed by atoms with E-state index in [-0.39, 0.29) is 29.1 Å². The number of rotatable bonds is 6. The number of nitrogen functional groups attached to an aromatic ring is 1. The van der Waals surface area contributed by atoms with Crippen molar-refractivity contribution in [3.05, 3.63) is 74.7 Å². The minimum Gasteiger partial charge on any atom is -0.481 e. The fourth-order valence-electron chi connectivity index (χ4n) is 5.88. The first kappa shape index (κ1) is 23.5. The molecule has 4 N–H and O–H groups in total. The number of aliphatic carboxylic acids is 1. The SMILES string of the molecule is Cc1sc(C)c(C(=O)NC2CC3(C2)CC(C(=O)O)C3)c1Cc1ccc(-c2cc(N)cc(F)c2)cc1. The molecule has 0 radical (unpaired) electrons. The number of carbonyl (C=O) groups is 2. The fraction of sp³-hybridized carbons (Fsp3) is 0.357. The molecule has 2 fully saturated rings. The first-order chi connectivity index (χ1) is 16.6. The van der Waals surface area contributed by atoms with Crippen molar-refractivity contribution in [2.45, 2.75) is 52.0 Å². The maximum absolute atomic E-state index is 13.7. The lowest BCUT2D eigenvalue weighted by atomic mass is 9.50. The number of anilines is 1. The molecule has 7 heteroatoms. The third-order valence-electron chi connectivity index (χ3n) is 7.60. The van der Waals surface area contributed by atoms with Gasteiger partial charge in [-0.3, -0.25) is 9.59 Å². The molecule has 2 aromatic carbocycles. The molecule has 0 saturated heterocycles. The monoisotopic (exact) mass is 492 g/mol. The van der Waals surface area contributed by atoms with Gasteiger partial charge in [-0.05, 0) is 91.8 Å². The smallest absolute Gasteiger partial charge is 0.306 e. The van der Waals surface area contributed by atoms with Gasteiger partial charge in [0.05, 0.1) is 11.5 Å². The van der Waals surface area contributed by atoms with Crippen molar-refractivity contribution in [3.8, 4) is 11.1 Å². The van der Waals surface area contributed by atoms with E-state index in [1.165, 1.54) is 12.1 Å². The lowest BCUT2D eigenvalue weighted by Gasteiger charge is -2.56. The molecule has 0 atom stereocenters. The van der Waals surface area contributed by atoms with Gasteiger partial charge in [0, 0.05) is 21.5 Å². The van der Waals surface area contributed by atoms with Crippen LogP contribution in [0.25, 0.3) is 11.1 Å². The zero-order valence-corrected chi connectivity index (χ0v) is 20.7. The van der Waals surface area contributed by atoms with Crippen molar-refractivity contribution in [1.29, 1.82) is 0 Å². The highest BCUT2D eigenvalue weighted by Crippen LogP contribution is 2.58. The molecule has 2 aliphatic carbocycles. The van der Waals surface area contributed by atoms with E-state index in [0.29, 0.717) is 12.1 Å². The number of nitrogens with two attached hydrogens (primary N) is 1. The van der Waals surface area contributed by atoms with Crippen LogP contribution < -0.4 is 11.1 Å². The number of hydrogen-bond donors (Lipinski definition) is 3. The van der Waals surface area contributed by atoms with Crippen molar-refractivity contribution in [1.82, 2.24) is 5.32 Å². The number of benzene rings is 2. The van der Waals surface area contributed by atoms with E-state index in [1.54, 1.807) is 17.4 Å². The number of hydrogen-bond acceptors (Lipinski definition) is 4. The molecule has 5 nitrogen and oxygen atoms in total. The highest BCUT2D eigenvalue weighted by Gasteiger charge is 2.55. The summed E-state index contributed by atoms with van der Waals surface area (Å²) in [5.41, 5.74) is 10.8. The standard InChI is InChI=1S/C28H29FN2O3S/c1-15-24(7-17-3-5-18(6-4-17)19-8-21(29)10-22(30)9-19)25(16(2)35-15)26(32)31-23-13-28(14-23)11-20(12-28)27(33)34/h3-6,8-10,20,23H,7,11-14,30H2,1-2H3,(H,31,32)(H,33,34). The summed E-state index contributed by atoms with van der Waals surface area (Å²) in [6.45, 7) is 4.03. The van der Waals surface area contributed by atoms with Crippen LogP contribution in [0, 0.1) is 31.0 Å². The lowest BCUT2D eigenvalue weighted by Crippen LogP contribution is -2.57. The second-order valence-corrected chi connectivity index (χ2v) is 11.7. The Morgan fingerprint density at radius 2 is 1.74 bits per heavy atom. The fourth-order valence-corrected chi connectivity index (χ4v) is 6.95. The summed E-state index contributed by atoms with van der Waals surface area (Å²) in [4.78, 5) is 26.5. The van der Waals surface area contributed by atoms with Crippen LogP contribution in [-0.2, 0) is 11.2 Å². The third kappa shape index (κ3) is 4.57. The van der Waals surface area contributed by atoms with E-state index < -0.39 is 5.97 Å². The summed E-state index contributed by atoms with van der Waals surface area (Å²) in [7, 11) is 0. The Bertz CT molecular complexity index is 1280. The Hall–Kier alpha value is -3.19. The molecule has 2 aliphatic rings. The van der Waals surface area contributed by atoms with Crippen molar-refractivity contribution < 1.29 is 19.1 Å². The van der Waals surface area contributed by atoms with Crippen molar-refractivity contribution in [2.75, 3.05) is 5.73 Å². The molecule has 35 heavy (non-hydrogen) atoms. The van der Waals surface area contributed by atoms with E-state index in [2.05, 4.69) is 5.32 Å². The molecule has 0 bridgehead atoms. The quantitative estimate of drug-likeness (QED) is 0.384. The highest BCUT2D eigenvalue weighted by molar-refractivity contribution is 7.12. The number of amides is 1. The van der Waals surface area contributed by atoms with E-state index in [9.17, 15) is 14.0 Å². The summed E-state index contributed by atoms with van der Waals surface area (Å²) in [6.07, 6.45) is 3.83. The summed E-state index contributed by atoms with van der Waals surface area (Å²) in [5, 5.41) is 12.3. The largest absolute Gasteiger partial charge is 0.481 e. The highest BCUT2D eigenvalue weighted by atomic mass is 32.1. The number of carboxylic acid groups (broad SMARTS) is 1. The zero-order valence-electron chi connectivity index (χ0n) is 19.9. The Labute approximate surface area is 208 Å². The zero-order chi connectivity index (χ0) is 24.9. The minimum atomic E-state index is -0.703. The topological polar surface area (TPSA) is 92.4 Å². The van der Waals surface area contributed by atoms with Gasteiger partial charge in [0.2, 0.25) is 0 Å². The van der Waals surface area contributed by atoms with Gasteiger partial charge in [-0.15, -0.1) is 11.3 Å². The number of halogens is 1. The van der Waals surface area contributed by atoms with Crippen molar-refractivity contribution >= 4 is 28.9 Å².